The largest absolute Gasteiger partial charge is 0.419 e. The van der Waals surface area contributed by atoms with Crippen molar-refractivity contribution in [1.29, 1.82) is 0 Å². The van der Waals surface area contributed by atoms with Crippen LogP contribution in [-0.2, 0) is 6.54 Å². The average Bonchev–Trinajstić information content (AvgIpc) is 2.92. The van der Waals surface area contributed by atoms with Gasteiger partial charge in [-0.15, -0.1) is 0 Å². The molecule has 25 heavy (non-hydrogen) atoms. The molecular formula is C19H27N3O3. The van der Waals surface area contributed by atoms with Gasteiger partial charge in [-0.3, -0.25) is 4.57 Å². The molecule has 2 aliphatic rings. The summed E-state index contributed by atoms with van der Waals surface area (Å²) in [6.07, 6.45) is 2.83. The zero-order chi connectivity index (χ0) is 17.4. The number of hydrogen-bond donors (Lipinski definition) is 1. The minimum atomic E-state index is -0.287. The number of rotatable bonds is 3. The van der Waals surface area contributed by atoms with Crippen LogP contribution in [0.25, 0.3) is 11.1 Å². The molecule has 1 N–H and O–H groups in total. The highest BCUT2D eigenvalue weighted by molar-refractivity contribution is 5.72. The second kappa shape index (κ2) is 6.59. The van der Waals surface area contributed by atoms with Crippen LogP contribution in [0.5, 0.6) is 0 Å². The van der Waals surface area contributed by atoms with E-state index in [0.717, 1.165) is 57.5 Å². The van der Waals surface area contributed by atoms with E-state index in [0.29, 0.717) is 12.1 Å². The van der Waals surface area contributed by atoms with Crippen molar-refractivity contribution < 1.29 is 9.52 Å². The fraction of sp³-hybridized carbons (Fsp3) is 0.632. The van der Waals surface area contributed by atoms with Crippen molar-refractivity contribution in [2.45, 2.75) is 31.9 Å². The third kappa shape index (κ3) is 3.14. The summed E-state index contributed by atoms with van der Waals surface area (Å²) in [5.41, 5.74) is 1.48. The van der Waals surface area contributed by atoms with E-state index in [4.69, 9.17) is 4.42 Å². The Hall–Kier alpha value is -1.63. The monoisotopic (exact) mass is 345 g/mol. The van der Waals surface area contributed by atoms with Gasteiger partial charge in [-0.25, -0.2) is 4.79 Å². The van der Waals surface area contributed by atoms with Crippen molar-refractivity contribution in [2.24, 2.45) is 5.41 Å². The predicted octanol–water partition coefficient (Wildman–Crippen LogP) is 1.37. The first kappa shape index (κ1) is 16.8. The van der Waals surface area contributed by atoms with Gasteiger partial charge in [-0.2, -0.15) is 0 Å². The van der Waals surface area contributed by atoms with Crippen molar-refractivity contribution in [3.63, 3.8) is 0 Å². The van der Waals surface area contributed by atoms with Crippen LogP contribution in [0.3, 0.4) is 0 Å². The average molecular weight is 345 g/mol. The van der Waals surface area contributed by atoms with Gasteiger partial charge in [0.1, 0.15) is 0 Å². The third-order valence-corrected chi connectivity index (χ3v) is 5.98. The summed E-state index contributed by atoms with van der Waals surface area (Å²) in [5.74, 6) is -0.287. The maximum atomic E-state index is 12.1. The minimum Gasteiger partial charge on any atom is -0.408 e. The number of fused-ring (bicyclic) bond motifs is 1. The van der Waals surface area contributed by atoms with Gasteiger partial charge in [0.2, 0.25) is 0 Å². The van der Waals surface area contributed by atoms with Crippen molar-refractivity contribution in [3.8, 4) is 0 Å². The van der Waals surface area contributed by atoms with Crippen LogP contribution in [-0.4, -0.2) is 65.3 Å². The highest BCUT2D eigenvalue weighted by Gasteiger charge is 2.44. The van der Waals surface area contributed by atoms with E-state index in [2.05, 4.69) is 16.8 Å². The molecule has 1 aromatic carbocycles. The molecule has 2 atom stereocenters. The smallest absolute Gasteiger partial charge is 0.408 e. The second-order valence-corrected chi connectivity index (χ2v) is 7.77. The van der Waals surface area contributed by atoms with Crippen LogP contribution in [0.1, 0.15) is 19.3 Å². The van der Waals surface area contributed by atoms with Gasteiger partial charge in [-0.05, 0) is 45.0 Å². The van der Waals surface area contributed by atoms with E-state index in [-0.39, 0.29) is 17.3 Å². The number of likely N-dealkylation sites (tertiary alicyclic amines) is 2. The molecule has 0 radical (unpaired) electrons. The molecule has 2 aromatic rings. The fourth-order valence-electron chi connectivity index (χ4n) is 4.69. The fourth-order valence-corrected chi connectivity index (χ4v) is 4.69. The number of aromatic nitrogens is 1. The quantitative estimate of drug-likeness (QED) is 0.910. The zero-order valence-corrected chi connectivity index (χ0v) is 14.9. The normalized spacial score (nSPS) is 28.8. The Balaban J connectivity index is 1.47. The SMILES string of the molecule is CN1CC[C@H](O)[C@@]2(CCCN(CCn3c(=O)oc4ccccc43)C2)C1. The molecule has 136 valence electrons. The van der Waals surface area contributed by atoms with Crippen molar-refractivity contribution in [2.75, 3.05) is 39.8 Å². The third-order valence-electron chi connectivity index (χ3n) is 5.98. The molecule has 0 bridgehead atoms. The molecule has 2 aliphatic heterocycles. The Labute approximate surface area is 147 Å². The highest BCUT2D eigenvalue weighted by Crippen LogP contribution is 2.38. The first-order chi connectivity index (χ1) is 12.1. The summed E-state index contributed by atoms with van der Waals surface area (Å²) in [4.78, 5) is 16.9. The molecule has 2 fully saturated rings. The summed E-state index contributed by atoms with van der Waals surface area (Å²) >= 11 is 0. The number of nitrogens with zero attached hydrogens (tertiary/aromatic N) is 3. The maximum Gasteiger partial charge on any atom is 0.419 e. The van der Waals surface area contributed by atoms with E-state index in [9.17, 15) is 9.90 Å². The van der Waals surface area contributed by atoms with Crippen LogP contribution in [0, 0.1) is 5.41 Å². The Morgan fingerprint density at radius 3 is 2.96 bits per heavy atom. The summed E-state index contributed by atoms with van der Waals surface area (Å²) < 4.78 is 7.04. The standard InChI is InChI=1S/C19H27N3O3/c1-20-10-7-17(23)19(13-20)8-4-9-21(14-19)11-12-22-15-5-2-3-6-16(15)25-18(22)24/h2-3,5-6,17,23H,4,7-14H2,1H3/t17-,19-/m0/s1. The number of para-hydroxylation sites is 2. The molecule has 6 heteroatoms. The molecule has 0 amide bonds. The number of hydrogen-bond acceptors (Lipinski definition) is 5. The molecular weight excluding hydrogens is 318 g/mol. The molecule has 1 aromatic heterocycles. The van der Waals surface area contributed by atoms with E-state index in [1.54, 1.807) is 4.57 Å². The van der Waals surface area contributed by atoms with Gasteiger partial charge >= 0.3 is 5.76 Å². The lowest BCUT2D eigenvalue weighted by Crippen LogP contribution is -2.58. The molecule has 3 heterocycles. The van der Waals surface area contributed by atoms with Gasteiger partial charge in [-0.1, -0.05) is 12.1 Å². The molecule has 0 aliphatic carbocycles. The predicted molar refractivity (Wildman–Crippen MR) is 96.7 cm³/mol. The van der Waals surface area contributed by atoms with Crippen molar-refractivity contribution >= 4 is 11.1 Å². The van der Waals surface area contributed by atoms with Gasteiger partial charge in [0.25, 0.3) is 0 Å². The highest BCUT2D eigenvalue weighted by atomic mass is 16.4. The molecule has 1 spiro atoms. The van der Waals surface area contributed by atoms with Crippen LogP contribution < -0.4 is 5.76 Å². The Morgan fingerprint density at radius 2 is 2.08 bits per heavy atom. The lowest BCUT2D eigenvalue weighted by Gasteiger charge is -2.50. The molecule has 4 rings (SSSR count). The van der Waals surface area contributed by atoms with E-state index in [1.165, 1.54) is 0 Å². The molecule has 0 saturated carbocycles. The minimum absolute atomic E-state index is 0.0192. The lowest BCUT2D eigenvalue weighted by atomic mass is 9.71. The van der Waals surface area contributed by atoms with E-state index < -0.39 is 0 Å². The summed E-state index contributed by atoms with van der Waals surface area (Å²) in [6, 6.07) is 7.57. The van der Waals surface area contributed by atoms with Crippen molar-refractivity contribution in [3.05, 3.63) is 34.8 Å². The Kier molecular flexibility index (Phi) is 4.43. The van der Waals surface area contributed by atoms with Crippen LogP contribution in [0.2, 0.25) is 0 Å². The lowest BCUT2D eigenvalue weighted by molar-refractivity contribution is -0.0796. The first-order valence-corrected chi connectivity index (χ1v) is 9.25. The topological polar surface area (TPSA) is 61.9 Å². The van der Waals surface area contributed by atoms with Gasteiger partial charge in [0.15, 0.2) is 5.58 Å². The molecule has 2 saturated heterocycles. The molecule has 0 unspecified atom stereocenters. The maximum absolute atomic E-state index is 12.1. The first-order valence-electron chi connectivity index (χ1n) is 9.25. The number of aliphatic hydroxyl groups excluding tert-OH is 1. The summed E-state index contributed by atoms with van der Waals surface area (Å²) in [6.45, 7) is 5.30. The second-order valence-electron chi connectivity index (χ2n) is 7.77. The van der Waals surface area contributed by atoms with Crippen LogP contribution >= 0.6 is 0 Å². The van der Waals surface area contributed by atoms with E-state index >= 15 is 0 Å². The van der Waals surface area contributed by atoms with Gasteiger partial charge in [0.05, 0.1) is 11.6 Å². The number of piperidine rings is 2. The Morgan fingerprint density at radius 1 is 1.24 bits per heavy atom. The van der Waals surface area contributed by atoms with Crippen LogP contribution in [0.15, 0.2) is 33.5 Å². The van der Waals surface area contributed by atoms with E-state index in [1.807, 2.05) is 24.3 Å². The van der Waals surface area contributed by atoms with Gasteiger partial charge < -0.3 is 19.3 Å². The van der Waals surface area contributed by atoms with Gasteiger partial charge in [0, 0.05) is 38.1 Å². The molecule has 6 nitrogen and oxygen atoms in total. The number of aliphatic hydroxyl groups is 1. The summed E-state index contributed by atoms with van der Waals surface area (Å²) in [5, 5.41) is 10.6. The number of benzene rings is 1. The number of oxazole rings is 1. The Bertz CT molecular complexity index is 799. The zero-order valence-electron chi connectivity index (χ0n) is 14.9. The van der Waals surface area contributed by atoms with Crippen molar-refractivity contribution in [1.82, 2.24) is 14.4 Å². The summed E-state index contributed by atoms with van der Waals surface area (Å²) in [7, 11) is 2.14. The van der Waals surface area contributed by atoms with Crippen LogP contribution in [0.4, 0.5) is 0 Å².